The highest BCUT2D eigenvalue weighted by atomic mass is 32.1. The maximum absolute atomic E-state index is 10.8. The molecule has 0 saturated heterocycles. The largest absolute Gasteiger partial charge is 0.497 e. The van der Waals surface area contributed by atoms with Crippen molar-refractivity contribution >= 4 is 29.1 Å². The van der Waals surface area contributed by atoms with Crippen molar-refractivity contribution in [2.24, 2.45) is 0 Å². The van der Waals surface area contributed by atoms with Gasteiger partial charge in [-0.2, -0.15) is 0 Å². The van der Waals surface area contributed by atoms with E-state index >= 15 is 0 Å². The Kier molecular flexibility index (Phi) is 5.02. The number of hydrogen-bond acceptors (Lipinski definition) is 4. The third-order valence-corrected chi connectivity index (χ3v) is 2.00. The van der Waals surface area contributed by atoms with Crippen molar-refractivity contribution < 1.29 is 14.3 Å². The van der Waals surface area contributed by atoms with Crippen LogP contribution in [-0.4, -0.2) is 25.4 Å². The summed E-state index contributed by atoms with van der Waals surface area (Å²) in [6.45, 7) is 0. The molecule has 0 radical (unpaired) electrons. The molecule has 0 aliphatic heterocycles. The number of amides is 1. The number of rotatable bonds is 2. The molecule has 0 atom stereocenters. The fraction of sp³-hybridized carbons (Fsp3) is 0.200. The minimum atomic E-state index is -0.625. The van der Waals surface area contributed by atoms with Crippen molar-refractivity contribution in [1.29, 1.82) is 0 Å². The molecule has 0 aliphatic carbocycles. The zero-order valence-electron chi connectivity index (χ0n) is 9.44. The molecule has 1 aromatic rings. The average Bonchev–Trinajstić information content (AvgIpc) is 2.36. The van der Waals surface area contributed by atoms with Crippen LogP contribution in [0.2, 0.25) is 0 Å². The molecule has 0 spiro atoms. The number of nitrogens with one attached hydrogen (secondary N) is 3. The van der Waals surface area contributed by atoms with Gasteiger partial charge < -0.3 is 14.8 Å². The Labute approximate surface area is 104 Å². The fourth-order valence-electron chi connectivity index (χ4n) is 1.02. The van der Waals surface area contributed by atoms with E-state index in [0.717, 1.165) is 5.69 Å². The monoisotopic (exact) mass is 255 g/mol. The first kappa shape index (κ1) is 13.0. The van der Waals surface area contributed by atoms with Crippen LogP contribution in [0, 0.1) is 0 Å². The number of hydrazine groups is 1. The van der Waals surface area contributed by atoms with Crippen molar-refractivity contribution in [3.05, 3.63) is 24.3 Å². The summed E-state index contributed by atoms with van der Waals surface area (Å²) in [7, 11) is 2.84. The summed E-state index contributed by atoms with van der Waals surface area (Å²) in [6.07, 6.45) is -0.625. The summed E-state index contributed by atoms with van der Waals surface area (Å²) in [5, 5.41) is 3.11. The molecule has 0 unspecified atom stereocenters. The second-order valence-corrected chi connectivity index (χ2v) is 3.34. The number of methoxy groups -OCH3 is 2. The molecule has 0 saturated carbocycles. The number of carbonyl (C=O) groups is 1. The molecule has 0 fully saturated rings. The van der Waals surface area contributed by atoms with E-state index in [2.05, 4.69) is 20.9 Å². The normalized spacial score (nSPS) is 9.06. The molecule has 0 heterocycles. The standard InChI is InChI=1S/C10H13N3O3S/c1-15-8-5-3-4-7(6-8)11-9(17)12-13-10(14)16-2/h3-6H,1-2H3,(H,13,14)(H2,11,12,17). The average molecular weight is 255 g/mol. The van der Waals surface area contributed by atoms with Crippen LogP contribution in [-0.2, 0) is 4.74 Å². The van der Waals surface area contributed by atoms with Crippen LogP contribution >= 0.6 is 12.2 Å². The lowest BCUT2D eigenvalue weighted by atomic mass is 10.3. The van der Waals surface area contributed by atoms with E-state index < -0.39 is 6.09 Å². The Bertz CT molecular complexity index is 412. The number of hydrogen-bond donors (Lipinski definition) is 3. The van der Waals surface area contributed by atoms with E-state index in [-0.39, 0.29) is 5.11 Å². The Balaban J connectivity index is 2.47. The van der Waals surface area contributed by atoms with Gasteiger partial charge in [0, 0.05) is 11.8 Å². The highest BCUT2D eigenvalue weighted by Crippen LogP contribution is 2.16. The van der Waals surface area contributed by atoms with Gasteiger partial charge in [0.15, 0.2) is 5.11 Å². The van der Waals surface area contributed by atoms with Gasteiger partial charge in [0.2, 0.25) is 0 Å². The molecule has 0 aromatic heterocycles. The third kappa shape index (κ3) is 4.56. The number of thiocarbonyl (C=S) groups is 1. The minimum Gasteiger partial charge on any atom is -0.497 e. The first-order chi connectivity index (χ1) is 8.15. The topological polar surface area (TPSA) is 71.6 Å². The molecule has 17 heavy (non-hydrogen) atoms. The Morgan fingerprint density at radius 3 is 2.71 bits per heavy atom. The lowest BCUT2D eigenvalue weighted by Gasteiger charge is -2.11. The molecule has 6 nitrogen and oxygen atoms in total. The summed E-state index contributed by atoms with van der Waals surface area (Å²) in [5.41, 5.74) is 5.45. The predicted octanol–water partition coefficient (Wildman–Crippen LogP) is 1.25. The lowest BCUT2D eigenvalue weighted by Crippen LogP contribution is -2.43. The number of ether oxygens (including phenoxy) is 2. The Morgan fingerprint density at radius 2 is 2.06 bits per heavy atom. The SMILES string of the molecule is COC(=O)NNC(=S)Nc1cccc(OC)c1. The van der Waals surface area contributed by atoms with Crippen LogP contribution in [0.25, 0.3) is 0 Å². The quantitative estimate of drug-likeness (QED) is 0.546. The van der Waals surface area contributed by atoms with Crippen LogP contribution in [0.4, 0.5) is 10.5 Å². The molecule has 1 rings (SSSR count). The molecule has 0 bridgehead atoms. The lowest BCUT2D eigenvalue weighted by molar-refractivity contribution is 0.169. The van der Waals surface area contributed by atoms with Crippen molar-refractivity contribution in [2.45, 2.75) is 0 Å². The van der Waals surface area contributed by atoms with Gasteiger partial charge in [0.05, 0.1) is 14.2 Å². The van der Waals surface area contributed by atoms with Crippen molar-refractivity contribution in [3.8, 4) is 5.75 Å². The third-order valence-electron chi connectivity index (χ3n) is 1.79. The van der Waals surface area contributed by atoms with E-state index in [9.17, 15) is 4.79 Å². The van der Waals surface area contributed by atoms with Gasteiger partial charge in [-0.3, -0.25) is 5.43 Å². The van der Waals surface area contributed by atoms with Gasteiger partial charge in [0.25, 0.3) is 0 Å². The number of carbonyl (C=O) groups excluding carboxylic acids is 1. The highest BCUT2D eigenvalue weighted by Gasteiger charge is 2.01. The zero-order chi connectivity index (χ0) is 12.7. The molecule has 3 N–H and O–H groups in total. The van der Waals surface area contributed by atoms with Gasteiger partial charge in [-0.1, -0.05) is 6.07 Å². The summed E-state index contributed by atoms with van der Waals surface area (Å²) in [4.78, 5) is 10.8. The maximum atomic E-state index is 10.8. The number of benzene rings is 1. The van der Waals surface area contributed by atoms with Crippen LogP contribution in [0.5, 0.6) is 5.75 Å². The van der Waals surface area contributed by atoms with Gasteiger partial charge in [0.1, 0.15) is 5.75 Å². The predicted molar refractivity (Wildman–Crippen MR) is 67.9 cm³/mol. The minimum absolute atomic E-state index is 0.239. The summed E-state index contributed by atoms with van der Waals surface area (Å²) in [5.74, 6) is 0.707. The van der Waals surface area contributed by atoms with E-state index in [4.69, 9.17) is 17.0 Å². The van der Waals surface area contributed by atoms with Crippen LogP contribution < -0.4 is 20.9 Å². The van der Waals surface area contributed by atoms with Crippen LogP contribution in [0.1, 0.15) is 0 Å². The molecular formula is C10H13N3O3S. The van der Waals surface area contributed by atoms with Gasteiger partial charge in [-0.15, -0.1) is 0 Å². The summed E-state index contributed by atoms with van der Waals surface area (Å²) in [6, 6.07) is 7.21. The van der Waals surface area contributed by atoms with Gasteiger partial charge >= 0.3 is 6.09 Å². The van der Waals surface area contributed by atoms with E-state index in [0.29, 0.717) is 5.75 Å². The van der Waals surface area contributed by atoms with Crippen LogP contribution in [0.3, 0.4) is 0 Å². The molecular weight excluding hydrogens is 242 g/mol. The molecule has 7 heteroatoms. The zero-order valence-corrected chi connectivity index (χ0v) is 10.3. The summed E-state index contributed by atoms with van der Waals surface area (Å²) >= 11 is 4.95. The number of anilines is 1. The van der Waals surface area contributed by atoms with Gasteiger partial charge in [-0.05, 0) is 24.4 Å². The van der Waals surface area contributed by atoms with Crippen molar-refractivity contribution in [2.75, 3.05) is 19.5 Å². The first-order valence-electron chi connectivity index (χ1n) is 4.70. The maximum Gasteiger partial charge on any atom is 0.425 e. The van der Waals surface area contributed by atoms with Gasteiger partial charge in [-0.25, -0.2) is 10.2 Å². The molecule has 1 amide bonds. The van der Waals surface area contributed by atoms with E-state index in [1.807, 2.05) is 18.2 Å². The highest BCUT2D eigenvalue weighted by molar-refractivity contribution is 7.80. The fourth-order valence-corrected chi connectivity index (χ4v) is 1.19. The van der Waals surface area contributed by atoms with Crippen molar-refractivity contribution in [1.82, 2.24) is 10.9 Å². The Hall–Kier alpha value is -2.02. The van der Waals surface area contributed by atoms with Crippen LogP contribution in [0.15, 0.2) is 24.3 Å². The molecule has 0 aliphatic rings. The molecule has 1 aromatic carbocycles. The first-order valence-corrected chi connectivity index (χ1v) is 5.11. The van der Waals surface area contributed by atoms with E-state index in [1.54, 1.807) is 13.2 Å². The Morgan fingerprint density at radius 1 is 1.29 bits per heavy atom. The second-order valence-electron chi connectivity index (χ2n) is 2.93. The smallest absolute Gasteiger partial charge is 0.425 e. The van der Waals surface area contributed by atoms with Crippen molar-refractivity contribution in [3.63, 3.8) is 0 Å². The summed E-state index contributed by atoms with van der Waals surface area (Å²) < 4.78 is 9.43. The van der Waals surface area contributed by atoms with E-state index in [1.165, 1.54) is 7.11 Å². The second kappa shape index (κ2) is 6.54. The molecule has 92 valence electrons.